The quantitative estimate of drug-likeness (QED) is 0.894. The van der Waals surface area contributed by atoms with Crippen molar-refractivity contribution in [1.29, 1.82) is 0 Å². The van der Waals surface area contributed by atoms with Gasteiger partial charge in [-0.1, -0.05) is 31.2 Å². The number of rotatable bonds is 2. The fourth-order valence-corrected chi connectivity index (χ4v) is 3.94. The zero-order chi connectivity index (χ0) is 13.9. The van der Waals surface area contributed by atoms with Gasteiger partial charge in [-0.05, 0) is 61.6 Å². The highest BCUT2D eigenvalue weighted by atomic mass is 16.3. The molecular weight excluding hydrogens is 246 g/mol. The molecule has 1 saturated carbocycles. The largest absolute Gasteiger partial charge is 0.393 e. The molecule has 2 nitrogen and oxygen atoms in total. The number of hydrogen-bond acceptors (Lipinski definition) is 2. The third kappa shape index (κ3) is 3.24. The molecule has 1 aromatic rings. The molecule has 2 aliphatic rings. The van der Waals surface area contributed by atoms with Crippen molar-refractivity contribution in [2.45, 2.75) is 51.7 Å². The first-order valence-electron chi connectivity index (χ1n) is 8.19. The second-order valence-electron chi connectivity index (χ2n) is 6.85. The molecule has 0 spiro atoms. The summed E-state index contributed by atoms with van der Waals surface area (Å²) in [6.45, 7) is 5.64. The first kappa shape index (κ1) is 14.1. The lowest BCUT2D eigenvalue weighted by atomic mass is 9.80. The minimum absolute atomic E-state index is 0.0790. The monoisotopic (exact) mass is 273 g/mol. The number of fused-ring (bicyclic) bond motifs is 1. The minimum Gasteiger partial charge on any atom is -0.393 e. The molecule has 20 heavy (non-hydrogen) atoms. The fraction of sp³-hybridized carbons (Fsp3) is 0.667. The summed E-state index contributed by atoms with van der Waals surface area (Å²) >= 11 is 0. The lowest BCUT2D eigenvalue weighted by Gasteiger charge is -2.35. The molecule has 1 aliphatic carbocycles. The Hall–Kier alpha value is -0.860. The van der Waals surface area contributed by atoms with Crippen LogP contribution in [0.4, 0.5) is 0 Å². The average Bonchev–Trinajstić information content (AvgIpc) is 2.64. The van der Waals surface area contributed by atoms with Gasteiger partial charge in [0.1, 0.15) is 0 Å². The van der Waals surface area contributed by atoms with Crippen molar-refractivity contribution in [2.75, 3.05) is 13.1 Å². The second-order valence-corrected chi connectivity index (χ2v) is 6.85. The molecule has 110 valence electrons. The number of aliphatic hydroxyl groups is 1. The predicted octanol–water partition coefficient (Wildman–Crippen LogP) is 3.23. The Kier molecular flexibility index (Phi) is 4.42. The Labute approximate surface area is 122 Å². The van der Waals surface area contributed by atoms with Crippen LogP contribution in [0.25, 0.3) is 0 Å². The van der Waals surface area contributed by atoms with Gasteiger partial charge in [-0.15, -0.1) is 0 Å². The maximum atomic E-state index is 10.3. The molecule has 0 amide bonds. The summed E-state index contributed by atoms with van der Waals surface area (Å²) in [5.74, 6) is 1.26. The molecule has 1 N–H and O–H groups in total. The van der Waals surface area contributed by atoms with Crippen LogP contribution in [0.5, 0.6) is 0 Å². The van der Waals surface area contributed by atoms with Gasteiger partial charge in [0.2, 0.25) is 0 Å². The Morgan fingerprint density at radius 3 is 2.85 bits per heavy atom. The fourth-order valence-electron chi connectivity index (χ4n) is 3.94. The Morgan fingerprint density at radius 2 is 2.00 bits per heavy atom. The lowest BCUT2D eigenvalue weighted by Crippen LogP contribution is -2.38. The van der Waals surface area contributed by atoms with Crippen LogP contribution >= 0.6 is 0 Å². The van der Waals surface area contributed by atoms with Crippen LogP contribution in [0, 0.1) is 11.8 Å². The highest BCUT2D eigenvalue weighted by Gasteiger charge is 2.29. The third-order valence-electron chi connectivity index (χ3n) is 5.13. The normalized spacial score (nSPS) is 31.6. The first-order valence-corrected chi connectivity index (χ1v) is 8.19. The van der Waals surface area contributed by atoms with E-state index < -0.39 is 0 Å². The number of aryl methyl sites for hydroxylation is 1. The van der Waals surface area contributed by atoms with Crippen LogP contribution < -0.4 is 0 Å². The van der Waals surface area contributed by atoms with Crippen molar-refractivity contribution in [3.05, 3.63) is 35.4 Å². The van der Waals surface area contributed by atoms with Crippen molar-refractivity contribution in [3.63, 3.8) is 0 Å². The molecule has 0 aromatic heterocycles. The van der Waals surface area contributed by atoms with Gasteiger partial charge in [0.15, 0.2) is 0 Å². The van der Waals surface area contributed by atoms with E-state index in [0.717, 1.165) is 25.4 Å². The number of benzene rings is 1. The highest BCUT2D eigenvalue weighted by molar-refractivity contribution is 5.28. The Morgan fingerprint density at radius 1 is 1.20 bits per heavy atom. The molecule has 1 aromatic carbocycles. The van der Waals surface area contributed by atoms with E-state index in [1.165, 1.54) is 43.4 Å². The number of nitrogens with zero attached hydrogens (tertiary/aromatic N) is 1. The van der Waals surface area contributed by atoms with Gasteiger partial charge in [0.25, 0.3) is 0 Å². The average molecular weight is 273 g/mol. The molecule has 1 heterocycles. The molecule has 3 rings (SSSR count). The summed E-state index contributed by atoms with van der Waals surface area (Å²) in [5.41, 5.74) is 3.01. The summed E-state index contributed by atoms with van der Waals surface area (Å²) in [7, 11) is 0. The van der Waals surface area contributed by atoms with Crippen LogP contribution in [-0.2, 0) is 13.0 Å². The number of aliphatic hydroxyl groups excluding tert-OH is 1. The lowest BCUT2D eigenvalue weighted by molar-refractivity contribution is 0.0292. The van der Waals surface area contributed by atoms with Gasteiger partial charge in [-0.2, -0.15) is 0 Å². The summed E-state index contributed by atoms with van der Waals surface area (Å²) in [6.07, 6.45) is 5.76. The summed E-state index contributed by atoms with van der Waals surface area (Å²) in [5, 5.41) is 10.3. The molecule has 1 fully saturated rings. The topological polar surface area (TPSA) is 23.5 Å². The van der Waals surface area contributed by atoms with E-state index in [1.807, 2.05) is 0 Å². The first-order chi connectivity index (χ1) is 9.72. The Bertz CT molecular complexity index is 445. The zero-order valence-electron chi connectivity index (χ0n) is 12.6. The van der Waals surface area contributed by atoms with Crippen molar-refractivity contribution >= 4 is 0 Å². The van der Waals surface area contributed by atoms with Crippen LogP contribution in [0.3, 0.4) is 0 Å². The SMILES string of the molecule is CC1CCC(O)C(CN2CCCc3ccccc3C2)C1. The maximum Gasteiger partial charge on any atom is 0.0580 e. The van der Waals surface area contributed by atoms with Crippen molar-refractivity contribution in [1.82, 2.24) is 4.90 Å². The number of hydrogen-bond donors (Lipinski definition) is 1. The molecular formula is C18H27NO. The smallest absolute Gasteiger partial charge is 0.0580 e. The van der Waals surface area contributed by atoms with E-state index in [1.54, 1.807) is 0 Å². The second kappa shape index (κ2) is 6.28. The van der Waals surface area contributed by atoms with E-state index in [9.17, 15) is 5.11 Å². The van der Waals surface area contributed by atoms with Gasteiger partial charge in [-0.3, -0.25) is 4.90 Å². The molecule has 3 unspecified atom stereocenters. The van der Waals surface area contributed by atoms with Gasteiger partial charge >= 0.3 is 0 Å². The van der Waals surface area contributed by atoms with E-state index >= 15 is 0 Å². The minimum atomic E-state index is -0.0790. The summed E-state index contributed by atoms with van der Waals surface area (Å²) in [4.78, 5) is 2.57. The highest BCUT2D eigenvalue weighted by Crippen LogP contribution is 2.30. The van der Waals surface area contributed by atoms with Gasteiger partial charge in [-0.25, -0.2) is 0 Å². The van der Waals surface area contributed by atoms with Crippen molar-refractivity contribution in [2.24, 2.45) is 11.8 Å². The summed E-state index contributed by atoms with van der Waals surface area (Å²) < 4.78 is 0. The van der Waals surface area contributed by atoms with Gasteiger partial charge in [0.05, 0.1) is 6.10 Å². The van der Waals surface area contributed by atoms with Gasteiger partial charge < -0.3 is 5.11 Å². The standard InChI is InChI=1S/C18H27NO/c1-14-8-9-18(20)17(11-14)13-19-10-4-7-15-5-2-3-6-16(15)12-19/h2-3,5-6,14,17-18,20H,4,7-13H2,1H3. The van der Waals surface area contributed by atoms with Crippen molar-refractivity contribution < 1.29 is 5.11 Å². The van der Waals surface area contributed by atoms with E-state index in [0.29, 0.717) is 5.92 Å². The molecule has 0 bridgehead atoms. The van der Waals surface area contributed by atoms with Gasteiger partial charge in [0, 0.05) is 13.1 Å². The van der Waals surface area contributed by atoms with E-state index in [-0.39, 0.29) is 6.10 Å². The maximum absolute atomic E-state index is 10.3. The molecule has 0 saturated heterocycles. The summed E-state index contributed by atoms with van der Waals surface area (Å²) in [6, 6.07) is 8.85. The molecule has 3 atom stereocenters. The van der Waals surface area contributed by atoms with Crippen LogP contribution in [0.2, 0.25) is 0 Å². The van der Waals surface area contributed by atoms with Crippen LogP contribution in [0.1, 0.15) is 43.7 Å². The van der Waals surface area contributed by atoms with Crippen LogP contribution in [-0.4, -0.2) is 29.2 Å². The third-order valence-corrected chi connectivity index (χ3v) is 5.13. The zero-order valence-corrected chi connectivity index (χ0v) is 12.6. The van der Waals surface area contributed by atoms with E-state index in [4.69, 9.17) is 0 Å². The molecule has 2 heteroatoms. The molecule has 1 aliphatic heterocycles. The van der Waals surface area contributed by atoms with Crippen molar-refractivity contribution in [3.8, 4) is 0 Å². The predicted molar refractivity (Wildman–Crippen MR) is 82.6 cm³/mol. The van der Waals surface area contributed by atoms with E-state index in [2.05, 4.69) is 36.1 Å². The Balaban J connectivity index is 1.66. The molecule has 0 radical (unpaired) electrons. The van der Waals surface area contributed by atoms with Crippen LogP contribution in [0.15, 0.2) is 24.3 Å².